The van der Waals surface area contributed by atoms with Gasteiger partial charge in [0.25, 0.3) is 0 Å². The molecule has 3 rings (SSSR count). The van der Waals surface area contributed by atoms with Crippen LogP contribution in [-0.2, 0) is 6.54 Å². The van der Waals surface area contributed by atoms with Crippen LogP contribution < -0.4 is 28.5 Å². The largest absolute Gasteiger partial charge is 1.00 e. The Bertz CT molecular complexity index is 798. The van der Waals surface area contributed by atoms with Crippen molar-refractivity contribution in [1.29, 1.82) is 0 Å². The van der Waals surface area contributed by atoms with Gasteiger partial charge < -0.3 is 28.4 Å². The van der Waals surface area contributed by atoms with Crippen LogP contribution in [0.15, 0.2) is 39.5 Å². The number of rotatable bonds is 2. The van der Waals surface area contributed by atoms with Gasteiger partial charge in [0.2, 0.25) is 5.89 Å². The number of aryl methyl sites for hydroxylation is 3. The number of fused-ring (bicyclic) bond motifs is 1. The van der Waals surface area contributed by atoms with Crippen LogP contribution in [0.2, 0.25) is 0 Å². The van der Waals surface area contributed by atoms with Gasteiger partial charge in [0, 0.05) is 0 Å². The summed E-state index contributed by atoms with van der Waals surface area (Å²) in [5.74, 6) is 0.664. The molecule has 0 atom stereocenters. The van der Waals surface area contributed by atoms with Crippen LogP contribution in [0.3, 0.4) is 0 Å². The van der Waals surface area contributed by atoms with Crippen LogP contribution in [0.5, 0.6) is 0 Å². The van der Waals surface area contributed by atoms with Crippen LogP contribution in [-0.4, -0.2) is 4.98 Å². The maximum atomic E-state index is 5.95. The van der Waals surface area contributed by atoms with E-state index in [0.29, 0.717) is 5.89 Å². The lowest BCUT2D eigenvalue weighted by molar-refractivity contribution is -0.693. The fourth-order valence-corrected chi connectivity index (χ4v) is 2.91. The summed E-state index contributed by atoms with van der Waals surface area (Å²) in [6.45, 7) is 7.14. The summed E-state index contributed by atoms with van der Waals surface area (Å²) in [6.07, 6.45) is 4.10. The van der Waals surface area contributed by atoms with Gasteiger partial charge in [0.1, 0.15) is 17.6 Å². The Kier molecular flexibility index (Phi) is 5.03. The number of benzene rings is 1. The van der Waals surface area contributed by atoms with Crippen molar-refractivity contribution in [2.45, 2.75) is 27.3 Å². The molecule has 2 aromatic heterocycles. The molecule has 0 saturated carbocycles. The molecule has 0 bridgehead atoms. The van der Waals surface area contributed by atoms with Crippen LogP contribution in [0.4, 0.5) is 0 Å². The molecule has 3 aromatic rings. The van der Waals surface area contributed by atoms with Crippen molar-refractivity contribution in [3.8, 4) is 11.5 Å². The first kappa shape index (κ1) is 16.4. The van der Waals surface area contributed by atoms with Crippen molar-refractivity contribution in [3.63, 3.8) is 0 Å². The summed E-state index contributed by atoms with van der Waals surface area (Å²) in [5, 5.41) is 0. The summed E-state index contributed by atoms with van der Waals surface area (Å²) >= 11 is 3.53. The minimum atomic E-state index is 0. The van der Waals surface area contributed by atoms with E-state index in [1.165, 1.54) is 5.56 Å². The second-order valence-electron chi connectivity index (χ2n) is 5.02. The molecule has 110 valence electrons. The van der Waals surface area contributed by atoms with Crippen molar-refractivity contribution in [3.05, 3.63) is 46.2 Å². The van der Waals surface area contributed by atoms with E-state index >= 15 is 0 Å². The number of hydrogen-bond donors (Lipinski definition) is 0. The van der Waals surface area contributed by atoms with Crippen molar-refractivity contribution in [1.82, 2.24) is 4.98 Å². The molecule has 0 N–H and O–H groups in total. The Morgan fingerprint density at radius 1 is 1.19 bits per heavy atom. The fourth-order valence-electron chi connectivity index (χ4n) is 2.40. The van der Waals surface area contributed by atoms with E-state index in [1.807, 2.05) is 12.3 Å². The summed E-state index contributed by atoms with van der Waals surface area (Å²) in [7, 11) is 0. The van der Waals surface area contributed by atoms with Gasteiger partial charge in [-0.2, -0.15) is 0 Å². The number of pyridine rings is 1. The van der Waals surface area contributed by atoms with Crippen molar-refractivity contribution < 1.29 is 33.0 Å². The zero-order chi connectivity index (χ0) is 14.3. The monoisotopic (exact) mass is 458 g/mol. The lowest BCUT2D eigenvalue weighted by Crippen LogP contribution is -3.00. The predicted octanol–water partition coefficient (Wildman–Crippen LogP) is 1.19. The van der Waals surface area contributed by atoms with Crippen molar-refractivity contribution in [2.75, 3.05) is 0 Å². The van der Waals surface area contributed by atoms with Crippen molar-refractivity contribution >= 4 is 27.0 Å². The third kappa shape index (κ3) is 3.29. The molecule has 0 aliphatic carbocycles. The van der Waals surface area contributed by atoms with Gasteiger partial charge in [-0.25, -0.2) is 9.55 Å². The van der Waals surface area contributed by atoms with Crippen LogP contribution in [0.25, 0.3) is 22.6 Å². The first-order valence-corrected chi connectivity index (χ1v) is 7.44. The maximum Gasteiger partial charge on any atom is 0.233 e. The van der Waals surface area contributed by atoms with E-state index in [1.54, 1.807) is 0 Å². The quantitative estimate of drug-likeness (QED) is 0.426. The molecule has 0 unspecified atom stereocenters. The molecule has 5 heteroatoms. The Morgan fingerprint density at radius 2 is 1.95 bits per heavy atom. The molecule has 0 aliphatic rings. The van der Waals surface area contributed by atoms with Gasteiger partial charge in [-0.05, 0) is 60.0 Å². The smallest absolute Gasteiger partial charge is 0.233 e. The Labute approximate surface area is 149 Å². The van der Waals surface area contributed by atoms with Gasteiger partial charge in [0.05, 0.1) is 4.47 Å². The average Bonchev–Trinajstić information content (AvgIpc) is 2.82. The molecular weight excluding hydrogens is 443 g/mol. The molecule has 0 aliphatic heterocycles. The van der Waals surface area contributed by atoms with E-state index in [0.717, 1.165) is 33.2 Å². The second-order valence-corrected chi connectivity index (χ2v) is 5.94. The molecule has 0 saturated heterocycles. The van der Waals surface area contributed by atoms with E-state index in [-0.39, 0.29) is 24.0 Å². The number of aromatic nitrogens is 2. The maximum absolute atomic E-state index is 5.95. The lowest BCUT2D eigenvalue weighted by Gasteiger charge is -1.97. The molecule has 1 aromatic carbocycles. The number of oxazole rings is 1. The standard InChI is InChI=1S/C16H16BrN2O.HI/c1-4-19-8-12(7-13(17)9-19)16-18-14-6-10(2)5-11(3)15(14)20-16;/h5-9H,4H2,1-3H3;1H/q+1;/p-1. The number of halogens is 2. The van der Waals surface area contributed by atoms with E-state index < -0.39 is 0 Å². The second kappa shape index (κ2) is 6.44. The Morgan fingerprint density at radius 3 is 2.67 bits per heavy atom. The highest BCUT2D eigenvalue weighted by Crippen LogP contribution is 2.27. The average molecular weight is 459 g/mol. The zero-order valence-corrected chi connectivity index (χ0v) is 15.9. The minimum Gasteiger partial charge on any atom is -1.00 e. The first-order chi connectivity index (χ1) is 9.56. The van der Waals surface area contributed by atoms with Gasteiger partial charge in [-0.3, -0.25) is 0 Å². The molecule has 0 radical (unpaired) electrons. The highest BCUT2D eigenvalue weighted by molar-refractivity contribution is 9.10. The van der Waals surface area contributed by atoms with Gasteiger partial charge in [-0.1, -0.05) is 6.07 Å². The van der Waals surface area contributed by atoms with Gasteiger partial charge in [-0.15, -0.1) is 0 Å². The van der Waals surface area contributed by atoms with Crippen LogP contribution in [0.1, 0.15) is 18.1 Å². The summed E-state index contributed by atoms with van der Waals surface area (Å²) in [4.78, 5) is 4.62. The van der Waals surface area contributed by atoms with Gasteiger partial charge >= 0.3 is 0 Å². The predicted molar refractivity (Wildman–Crippen MR) is 82.5 cm³/mol. The Hall–Kier alpha value is -0.950. The van der Waals surface area contributed by atoms with Gasteiger partial charge in [0.15, 0.2) is 18.0 Å². The molecule has 0 spiro atoms. The zero-order valence-electron chi connectivity index (χ0n) is 12.2. The van der Waals surface area contributed by atoms with Crippen LogP contribution >= 0.6 is 15.9 Å². The SMILES string of the molecule is CC[n+]1cc(Br)cc(-c2nc3cc(C)cc(C)c3o2)c1.[I-]. The third-order valence-electron chi connectivity index (χ3n) is 3.32. The van der Waals surface area contributed by atoms with E-state index in [2.05, 4.69) is 64.6 Å². The lowest BCUT2D eigenvalue weighted by atomic mass is 10.1. The third-order valence-corrected chi connectivity index (χ3v) is 3.75. The summed E-state index contributed by atoms with van der Waals surface area (Å²) in [5.41, 5.74) is 5.09. The molecule has 0 amide bonds. The molecule has 2 heterocycles. The summed E-state index contributed by atoms with van der Waals surface area (Å²) < 4.78 is 9.07. The molecule has 21 heavy (non-hydrogen) atoms. The number of nitrogens with zero attached hydrogens (tertiary/aromatic N) is 2. The molecule has 3 nitrogen and oxygen atoms in total. The van der Waals surface area contributed by atoms with E-state index in [4.69, 9.17) is 4.42 Å². The summed E-state index contributed by atoms with van der Waals surface area (Å²) in [6, 6.07) is 6.20. The van der Waals surface area contributed by atoms with Crippen LogP contribution in [0, 0.1) is 13.8 Å². The minimum absolute atomic E-state index is 0. The Balaban J connectivity index is 0.00000161. The first-order valence-electron chi connectivity index (χ1n) is 6.64. The number of hydrogen-bond acceptors (Lipinski definition) is 2. The normalized spacial score (nSPS) is 10.7. The fraction of sp³-hybridized carbons (Fsp3) is 0.250. The van der Waals surface area contributed by atoms with E-state index in [9.17, 15) is 0 Å². The van der Waals surface area contributed by atoms with Crippen molar-refractivity contribution in [2.24, 2.45) is 0 Å². The topological polar surface area (TPSA) is 29.9 Å². The highest BCUT2D eigenvalue weighted by Gasteiger charge is 2.14. The highest BCUT2D eigenvalue weighted by atomic mass is 127. The molecule has 0 fully saturated rings. The molecular formula is C16H16BrIN2O.